The summed E-state index contributed by atoms with van der Waals surface area (Å²) in [6.45, 7) is 8.99. The van der Waals surface area contributed by atoms with Gasteiger partial charge < -0.3 is 10.2 Å². The fourth-order valence-corrected chi connectivity index (χ4v) is 5.71. The summed E-state index contributed by atoms with van der Waals surface area (Å²) in [6.07, 6.45) is 2.73. The molecule has 2 aromatic heterocycles. The summed E-state index contributed by atoms with van der Waals surface area (Å²) < 4.78 is 14.6. The van der Waals surface area contributed by atoms with Gasteiger partial charge in [0.15, 0.2) is 0 Å². The largest absolute Gasteiger partial charge is 0.338 e. The highest BCUT2D eigenvalue weighted by Crippen LogP contribution is 2.31. The molecule has 2 aliphatic rings. The van der Waals surface area contributed by atoms with E-state index in [1.54, 1.807) is 4.90 Å². The molecular weight excluding hydrogens is 471 g/mol. The van der Waals surface area contributed by atoms with E-state index >= 15 is 0 Å². The van der Waals surface area contributed by atoms with Gasteiger partial charge in [-0.3, -0.25) is 9.69 Å². The van der Waals surface area contributed by atoms with E-state index in [2.05, 4.69) is 69.6 Å². The number of halogens is 1. The first kappa shape index (κ1) is 23.5. The van der Waals surface area contributed by atoms with Gasteiger partial charge in [0, 0.05) is 55.7 Å². The van der Waals surface area contributed by atoms with Crippen LogP contribution >= 0.6 is 0 Å². The molecule has 4 aromatic rings. The first-order valence-electron chi connectivity index (χ1n) is 12.6. The molecule has 1 fully saturated rings. The molecule has 2 aliphatic heterocycles. The minimum atomic E-state index is -0.569. The van der Waals surface area contributed by atoms with Crippen LogP contribution in [0, 0.1) is 25.6 Å². The lowest BCUT2D eigenvalue weighted by Gasteiger charge is -2.41. The van der Waals surface area contributed by atoms with Crippen LogP contribution in [0.1, 0.15) is 46.1 Å². The number of likely N-dealkylation sites (tertiary alicyclic amines) is 1. The van der Waals surface area contributed by atoms with Crippen LogP contribution in [0.3, 0.4) is 0 Å². The molecule has 190 valence electrons. The highest BCUT2D eigenvalue weighted by Gasteiger charge is 2.36. The zero-order valence-corrected chi connectivity index (χ0v) is 21.1. The minimum absolute atomic E-state index is 0.0414. The van der Waals surface area contributed by atoms with Gasteiger partial charge in [-0.05, 0) is 55.5 Å². The molecular formula is C27H29FN8O. The van der Waals surface area contributed by atoms with E-state index in [0.29, 0.717) is 36.1 Å². The van der Waals surface area contributed by atoms with Gasteiger partial charge in [0.05, 0.1) is 11.3 Å². The summed E-state index contributed by atoms with van der Waals surface area (Å²) in [5, 5.41) is 13.7. The number of aromatic nitrogens is 5. The van der Waals surface area contributed by atoms with Gasteiger partial charge in [-0.2, -0.15) is 15.4 Å². The van der Waals surface area contributed by atoms with Crippen molar-refractivity contribution in [3.05, 3.63) is 70.3 Å². The van der Waals surface area contributed by atoms with E-state index in [1.165, 1.54) is 23.3 Å². The molecule has 10 heteroatoms. The summed E-state index contributed by atoms with van der Waals surface area (Å²) in [6, 6.07) is 9.35. The SMILES string of the molecule is Cc1cc(C)cc(Nc2ncc3c(n2)CN([C@@H]2CCN(C(=O)c4cc5n[nH]nc5cc4F)C[C@@H]2C)C3)c1. The molecule has 6 rings (SSSR count). The summed E-state index contributed by atoms with van der Waals surface area (Å²) in [5.41, 5.74) is 6.47. The molecule has 0 bridgehead atoms. The summed E-state index contributed by atoms with van der Waals surface area (Å²) in [7, 11) is 0. The average molecular weight is 501 g/mol. The summed E-state index contributed by atoms with van der Waals surface area (Å²) >= 11 is 0. The summed E-state index contributed by atoms with van der Waals surface area (Å²) in [5.74, 6) is -0.0396. The first-order chi connectivity index (χ1) is 17.8. The van der Waals surface area contributed by atoms with Crippen molar-refractivity contribution in [2.45, 2.75) is 46.3 Å². The molecule has 0 unspecified atom stereocenters. The van der Waals surface area contributed by atoms with Gasteiger partial charge in [-0.25, -0.2) is 14.4 Å². The second-order valence-electron chi connectivity index (χ2n) is 10.3. The highest BCUT2D eigenvalue weighted by atomic mass is 19.1. The maximum atomic E-state index is 14.6. The number of aryl methyl sites for hydroxylation is 2. The lowest BCUT2D eigenvalue weighted by atomic mass is 9.92. The number of benzene rings is 2. The second kappa shape index (κ2) is 9.19. The van der Waals surface area contributed by atoms with Crippen LogP contribution in [0.2, 0.25) is 0 Å². The number of H-pyrrole nitrogens is 1. The van der Waals surface area contributed by atoms with Crippen molar-refractivity contribution >= 4 is 28.6 Å². The van der Waals surface area contributed by atoms with Crippen LogP contribution in [0.25, 0.3) is 11.0 Å². The van der Waals surface area contributed by atoms with Crippen molar-refractivity contribution in [1.82, 2.24) is 35.2 Å². The third kappa shape index (κ3) is 4.53. The van der Waals surface area contributed by atoms with Gasteiger partial charge in [0.2, 0.25) is 5.95 Å². The Labute approximate surface area is 214 Å². The Kier molecular flexibility index (Phi) is 5.83. The van der Waals surface area contributed by atoms with E-state index in [4.69, 9.17) is 4.98 Å². The normalized spacial score (nSPS) is 19.8. The smallest absolute Gasteiger partial charge is 0.256 e. The molecule has 0 aliphatic carbocycles. The van der Waals surface area contributed by atoms with Crippen molar-refractivity contribution in [2.24, 2.45) is 5.92 Å². The van der Waals surface area contributed by atoms with Crippen LogP contribution in [-0.2, 0) is 13.1 Å². The van der Waals surface area contributed by atoms with Crippen LogP contribution in [0.5, 0.6) is 0 Å². The topological polar surface area (TPSA) is 103 Å². The Morgan fingerprint density at radius 3 is 2.59 bits per heavy atom. The lowest BCUT2D eigenvalue weighted by molar-refractivity contribution is 0.0441. The van der Waals surface area contributed by atoms with Crippen molar-refractivity contribution < 1.29 is 9.18 Å². The van der Waals surface area contributed by atoms with Crippen molar-refractivity contribution in [2.75, 3.05) is 18.4 Å². The maximum Gasteiger partial charge on any atom is 0.256 e. The Morgan fingerprint density at radius 2 is 1.84 bits per heavy atom. The van der Waals surface area contributed by atoms with E-state index in [9.17, 15) is 9.18 Å². The molecule has 2 N–H and O–H groups in total. The van der Waals surface area contributed by atoms with Crippen LogP contribution in [0.4, 0.5) is 16.0 Å². The van der Waals surface area contributed by atoms with Crippen molar-refractivity contribution in [3.8, 4) is 0 Å². The fraction of sp³-hybridized carbons (Fsp3) is 0.370. The second-order valence-corrected chi connectivity index (χ2v) is 10.3. The van der Waals surface area contributed by atoms with Gasteiger partial charge in [0.1, 0.15) is 16.9 Å². The van der Waals surface area contributed by atoms with Crippen LogP contribution < -0.4 is 5.32 Å². The Bertz CT molecular complexity index is 1480. The number of piperidine rings is 1. The highest BCUT2D eigenvalue weighted by molar-refractivity contribution is 5.97. The van der Waals surface area contributed by atoms with Gasteiger partial charge in [-0.1, -0.05) is 13.0 Å². The molecule has 37 heavy (non-hydrogen) atoms. The van der Waals surface area contributed by atoms with Crippen molar-refractivity contribution in [3.63, 3.8) is 0 Å². The molecule has 1 saturated heterocycles. The van der Waals surface area contributed by atoms with Gasteiger partial charge in [0.25, 0.3) is 5.91 Å². The Balaban J connectivity index is 1.12. The van der Waals surface area contributed by atoms with E-state index < -0.39 is 5.82 Å². The number of aromatic amines is 1. The first-order valence-corrected chi connectivity index (χ1v) is 12.6. The lowest BCUT2D eigenvalue weighted by Crippen LogP contribution is -2.50. The van der Waals surface area contributed by atoms with Gasteiger partial charge in [-0.15, -0.1) is 0 Å². The number of hydrogen-bond donors (Lipinski definition) is 2. The summed E-state index contributed by atoms with van der Waals surface area (Å²) in [4.78, 5) is 26.7. The molecule has 4 heterocycles. The maximum absolute atomic E-state index is 14.6. The molecule has 0 radical (unpaired) electrons. The fourth-order valence-electron chi connectivity index (χ4n) is 5.71. The van der Waals surface area contributed by atoms with Crippen LogP contribution in [-0.4, -0.2) is 60.2 Å². The predicted molar refractivity (Wildman–Crippen MR) is 138 cm³/mol. The minimum Gasteiger partial charge on any atom is -0.338 e. The third-order valence-electron chi connectivity index (χ3n) is 7.41. The van der Waals surface area contributed by atoms with Crippen molar-refractivity contribution in [1.29, 1.82) is 0 Å². The molecule has 9 nitrogen and oxygen atoms in total. The number of nitrogens with zero attached hydrogens (tertiary/aromatic N) is 6. The average Bonchev–Trinajstić information content (AvgIpc) is 3.48. The number of carbonyl (C=O) groups excluding carboxylic acids is 1. The number of hydrogen-bond acceptors (Lipinski definition) is 7. The number of rotatable bonds is 4. The Morgan fingerprint density at radius 1 is 1.08 bits per heavy atom. The zero-order valence-electron chi connectivity index (χ0n) is 21.1. The molecule has 1 amide bonds. The quantitative estimate of drug-likeness (QED) is 0.435. The Hall–Kier alpha value is -3.92. The van der Waals surface area contributed by atoms with E-state index in [1.807, 2.05) is 6.20 Å². The number of anilines is 2. The van der Waals surface area contributed by atoms with Gasteiger partial charge >= 0.3 is 0 Å². The zero-order chi connectivity index (χ0) is 25.7. The molecule has 0 spiro atoms. The predicted octanol–water partition coefficient (Wildman–Crippen LogP) is 4.11. The number of nitrogens with one attached hydrogen (secondary N) is 2. The molecule has 2 atom stereocenters. The standard InChI is InChI=1S/C27H29FN8O/c1-15-6-16(2)8-19(7-15)30-27-29-11-18-13-36(14-24(18)31-27)25-4-5-35(12-17(25)3)26(37)20-9-22-23(10-21(20)28)33-34-32-22/h6-11,17,25H,4-5,12-14H2,1-3H3,(H,29,30,31)(H,32,33,34)/t17-,25+/m0/s1. The molecule has 0 saturated carbocycles. The van der Waals surface area contributed by atoms with Crippen LogP contribution in [0.15, 0.2) is 36.5 Å². The molecule has 2 aromatic carbocycles. The van der Waals surface area contributed by atoms with E-state index in [-0.39, 0.29) is 17.4 Å². The number of fused-ring (bicyclic) bond motifs is 2. The number of amides is 1. The van der Waals surface area contributed by atoms with E-state index in [0.717, 1.165) is 36.5 Å². The number of carbonyl (C=O) groups is 1. The third-order valence-corrected chi connectivity index (χ3v) is 7.41. The monoisotopic (exact) mass is 500 g/mol.